The number of rotatable bonds is 7. The van der Waals surface area contributed by atoms with Crippen molar-refractivity contribution in [1.29, 1.82) is 0 Å². The molecule has 0 spiro atoms. The fourth-order valence-corrected chi connectivity index (χ4v) is 5.30. The average Bonchev–Trinajstić information content (AvgIpc) is 3.23. The summed E-state index contributed by atoms with van der Waals surface area (Å²) in [6, 6.07) is 14.6. The summed E-state index contributed by atoms with van der Waals surface area (Å²) in [6.07, 6.45) is 1.84. The molecule has 1 aliphatic rings. The van der Waals surface area contributed by atoms with E-state index in [1.54, 1.807) is 24.3 Å². The molecule has 0 atom stereocenters. The summed E-state index contributed by atoms with van der Waals surface area (Å²) in [5.74, 6) is 0.637. The zero-order chi connectivity index (χ0) is 20.1. The molecular formula is C21H26N2O3S2. The third-order valence-corrected chi connectivity index (χ3v) is 7.68. The number of carbonyl (C=O) groups is 1. The van der Waals surface area contributed by atoms with E-state index in [0.29, 0.717) is 23.9 Å². The van der Waals surface area contributed by atoms with Crippen LogP contribution in [0.2, 0.25) is 0 Å². The minimum atomic E-state index is -3.39. The number of benzene rings is 2. The third-order valence-electron chi connectivity index (χ3n) is 4.76. The second-order valence-electron chi connectivity index (χ2n) is 7.20. The normalized spacial score (nSPS) is 15.1. The van der Waals surface area contributed by atoms with Crippen LogP contribution in [-0.2, 0) is 14.8 Å². The van der Waals surface area contributed by atoms with E-state index in [9.17, 15) is 13.2 Å². The minimum Gasteiger partial charge on any atom is -0.325 e. The Hall–Kier alpha value is -1.83. The number of sulfonamides is 1. The lowest BCUT2D eigenvalue weighted by Gasteiger charge is -2.15. The van der Waals surface area contributed by atoms with Crippen molar-refractivity contribution in [1.82, 2.24) is 4.31 Å². The summed E-state index contributed by atoms with van der Waals surface area (Å²) >= 11 is 1.39. The fourth-order valence-electron chi connectivity index (χ4n) is 3.08. The predicted molar refractivity (Wildman–Crippen MR) is 114 cm³/mol. The first kappa shape index (κ1) is 20.9. The molecule has 2 aromatic rings. The van der Waals surface area contributed by atoms with Crippen molar-refractivity contribution in [2.75, 3.05) is 24.2 Å². The molecule has 0 bridgehead atoms. The van der Waals surface area contributed by atoms with Crippen LogP contribution in [0.5, 0.6) is 0 Å². The largest absolute Gasteiger partial charge is 0.325 e. The predicted octanol–water partition coefficient (Wildman–Crippen LogP) is 4.33. The van der Waals surface area contributed by atoms with Crippen molar-refractivity contribution in [2.45, 2.75) is 42.4 Å². The number of hydrogen-bond acceptors (Lipinski definition) is 4. The van der Waals surface area contributed by atoms with Gasteiger partial charge in [0.15, 0.2) is 0 Å². The van der Waals surface area contributed by atoms with Crippen molar-refractivity contribution in [3.8, 4) is 0 Å². The Bertz CT molecular complexity index is 902. The first-order chi connectivity index (χ1) is 13.4. The molecule has 2 aromatic carbocycles. The van der Waals surface area contributed by atoms with Crippen LogP contribution < -0.4 is 5.32 Å². The summed E-state index contributed by atoms with van der Waals surface area (Å²) in [4.78, 5) is 13.3. The van der Waals surface area contributed by atoms with Gasteiger partial charge in [0, 0.05) is 23.7 Å². The van der Waals surface area contributed by atoms with E-state index in [0.717, 1.165) is 23.4 Å². The maximum atomic E-state index is 12.5. The van der Waals surface area contributed by atoms with Crippen LogP contribution in [0.25, 0.3) is 0 Å². The number of nitrogens with zero attached hydrogens (tertiary/aromatic N) is 1. The summed E-state index contributed by atoms with van der Waals surface area (Å²) in [7, 11) is -3.39. The molecule has 1 saturated heterocycles. The molecule has 1 aliphatic heterocycles. The van der Waals surface area contributed by atoms with E-state index >= 15 is 0 Å². The lowest BCUT2D eigenvalue weighted by molar-refractivity contribution is -0.113. The van der Waals surface area contributed by atoms with E-state index in [1.807, 2.05) is 24.3 Å². The van der Waals surface area contributed by atoms with Gasteiger partial charge in [-0.15, -0.1) is 11.8 Å². The first-order valence-electron chi connectivity index (χ1n) is 9.49. The topological polar surface area (TPSA) is 66.5 Å². The summed E-state index contributed by atoms with van der Waals surface area (Å²) in [5.41, 5.74) is 2.01. The Morgan fingerprint density at radius 1 is 1.04 bits per heavy atom. The summed E-state index contributed by atoms with van der Waals surface area (Å²) in [5, 5.41) is 2.89. The highest BCUT2D eigenvalue weighted by Crippen LogP contribution is 2.25. The molecule has 7 heteroatoms. The third kappa shape index (κ3) is 5.16. The Kier molecular flexibility index (Phi) is 6.80. The van der Waals surface area contributed by atoms with Crippen LogP contribution in [-0.4, -0.2) is 37.5 Å². The molecule has 150 valence electrons. The van der Waals surface area contributed by atoms with Gasteiger partial charge in [-0.25, -0.2) is 8.42 Å². The standard InChI is InChI=1S/C21H26N2O3S2/c1-16(2)17-5-7-18(8-6-17)22-21(24)15-27-19-9-11-20(12-10-19)28(25,26)23-13-3-4-14-23/h5-12,16H,3-4,13-15H2,1-2H3,(H,22,24). The van der Waals surface area contributed by atoms with Crippen molar-refractivity contribution in [3.05, 3.63) is 54.1 Å². The number of hydrogen-bond donors (Lipinski definition) is 1. The van der Waals surface area contributed by atoms with Gasteiger partial charge in [-0.3, -0.25) is 4.79 Å². The molecule has 1 fully saturated rings. The van der Waals surface area contributed by atoms with Gasteiger partial charge in [-0.05, 0) is 60.7 Å². The molecule has 1 N–H and O–H groups in total. The fraction of sp³-hybridized carbons (Fsp3) is 0.381. The van der Waals surface area contributed by atoms with Crippen molar-refractivity contribution in [2.24, 2.45) is 0 Å². The molecule has 1 heterocycles. The Morgan fingerprint density at radius 3 is 2.21 bits per heavy atom. The Morgan fingerprint density at radius 2 is 1.64 bits per heavy atom. The average molecular weight is 419 g/mol. The SMILES string of the molecule is CC(C)c1ccc(NC(=O)CSc2ccc(S(=O)(=O)N3CCCC3)cc2)cc1. The molecule has 3 rings (SSSR count). The van der Waals surface area contributed by atoms with Gasteiger partial charge in [0.1, 0.15) is 0 Å². The summed E-state index contributed by atoms with van der Waals surface area (Å²) in [6.45, 7) is 5.45. The van der Waals surface area contributed by atoms with Gasteiger partial charge in [0.2, 0.25) is 15.9 Å². The highest BCUT2D eigenvalue weighted by molar-refractivity contribution is 8.00. The van der Waals surface area contributed by atoms with Crippen LogP contribution >= 0.6 is 11.8 Å². The molecule has 5 nitrogen and oxygen atoms in total. The molecule has 0 radical (unpaired) electrons. The zero-order valence-electron chi connectivity index (χ0n) is 16.2. The Balaban J connectivity index is 1.53. The number of amides is 1. The van der Waals surface area contributed by atoms with E-state index < -0.39 is 10.0 Å². The quantitative estimate of drug-likeness (QED) is 0.680. The van der Waals surface area contributed by atoms with Gasteiger partial charge in [0.25, 0.3) is 0 Å². The van der Waals surface area contributed by atoms with Gasteiger partial charge in [-0.1, -0.05) is 26.0 Å². The molecular weight excluding hydrogens is 392 g/mol. The number of carbonyl (C=O) groups excluding carboxylic acids is 1. The van der Waals surface area contributed by atoms with Gasteiger partial charge in [0.05, 0.1) is 10.6 Å². The number of nitrogens with one attached hydrogen (secondary N) is 1. The zero-order valence-corrected chi connectivity index (χ0v) is 17.9. The lowest BCUT2D eigenvalue weighted by Crippen LogP contribution is -2.27. The summed E-state index contributed by atoms with van der Waals surface area (Å²) < 4.78 is 26.6. The van der Waals surface area contributed by atoms with Crippen molar-refractivity contribution in [3.63, 3.8) is 0 Å². The molecule has 28 heavy (non-hydrogen) atoms. The Labute approximate surface area is 171 Å². The molecule has 0 unspecified atom stereocenters. The van der Waals surface area contributed by atoms with Crippen molar-refractivity contribution >= 4 is 33.4 Å². The second kappa shape index (κ2) is 9.11. The van der Waals surface area contributed by atoms with Crippen LogP contribution in [0.1, 0.15) is 38.2 Å². The molecule has 0 saturated carbocycles. The lowest BCUT2D eigenvalue weighted by atomic mass is 10.0. The number of anilines is 1. The van der Waals surface area contributed by atoms with Crippen molar-refractivity contribution < 1.29 is 13.2 Å². The van der Waals surface area contributed by atoms with E-state index in [-0.39, 0.29) is 11.7 Å². The second-order valence-corrected chi connectivity index (χ2v) is 10.2. The van der Waals surface area contributed by atoms with E-state index in [4.69, 9.17) is 0 Å². The molecule has 1 amide bonds. The first-order valence-corrected chi connectivity index (χ1v) is 11.9. The van der Waals surface area contributed by atoms with E-state index in [2.05, 4.69) is 19.2 Å². The van der Waals surface area contributed by atoms with Gasteiger partial charge in [-0.2, -0.15) is 4.31 Å². The molecule has 0 aliphatic carbocycles. The van der Waals surface area contributed by atoms with Crippen LogP contribution in [0, 0.1) is 0 Å². The minimum absolute atomic E-state index is 0.0870. The van der Waals surface area contributed by atoms with Crippen LogP contribution in [0.3, 0.4) is 0 Å². The van der Waals surface area contributed by atoms with Crippen LogP contribution in [0.4, 0.5) is 5.69 Å². The number of thioether (sulfide) groups is 1. The van der Waals surface area contributed by atoms with Gasteiger partial charge < -0.3 is 5.32 Å². The van der Waals surface area contributed by atoms with Crippen LogP contribution in [0.15, 0.2) is 58.3 Å². The highest BCUT2D eigenvalue weighted by atomic mass is 32.2. The molecule has 0 aromatic heterocycles. The highest BCUT2D eigenvalue weighted by Gasteiger charge is 2.26. The van der Waals surface area contributed by atoms with Gasteiger partial charge >= 0.3 is 0 Å². The smallest absolute Gasteiger partial charge is 0.243 e. The monoisotopic (exact) mass is 418 g/mol. The van der Waals surface area contributed by atoms with E-state index in [1.165, 1.54) is 21.6 Å². The maximum absolute atomic E-state index is 12.5. The maximum Gasteiger partial charge on any atom is 0.243 e.